The fraction of sp³-hybridized carbons (Fsp3) is 0.414. The molecule has 0 amide bonds. The van der Waals surface area contributed by atoms with E-state index in [9.17, 15) is 9.50 Å². The van der Waals surface area contributed by atoms with Crippen LogP contribution in [0.15, 0.2) is 60.7 Å². The maximum absolute atomic E-state index is 13.6. The van der Waals surface area contributed by atoms with Gasteiger partial charge >= 0.3 is 0 Å². The van der Waals surface area contributed by atoms with Crippen molar-refractivity contribution in [2.24, 2.45) is 0 Å². The van der Waals surface area contributed by atoms with Gasteiger partial charge in [-0.1, -0.05) is 55.3 Å². The van der Waals surface area contributed by atoms with Gasteiger partial charge in [-0.25, -0.2) is 4.39 Å². The average Bonchev–Trinajstić information content (AvgIpc) is 2.82. The standard InChI is InChI=1S/C29H33FN2O/c30-24-14-12-23(13-15-24)26-20-28(31-27-11-7-2-1-6-10-25(26)27)29(33)16-18-32(19-17-29)21-22-8-4-3-5-9-22/h3-5,8-9,12-15,20,33H,1-2,6-7,10-11,16-19,21H2. The minimum absolute atomic E-state index is 0.222. The van der Waals surface area contributed by atoms with Crippen molar-refractivity contribution in [1.29, 1.82) is 0 Å². The van der Waals surface area contributed by atoms with Gasteiger partial charge in [0, 0.05) is 25.3 Å². The van der Waals surface area contributed by atoms with Gasteiger partial charge in [0.2, 0.25) is 0 Å². The van der Waals surface area contributed by atoms with Gasteiger partial charge in [0.1, 0.15) is 11.4 Å². The molecule has 1 aromatic heterocycles. The third kappa shape index (κ3) is 5.02. The Labute approximate surface area is 196 Å². The lowest BCUT2D eigenvalue weighted by Gasteiger charge is -2.38. The molecule has 0 saturated carbocycles. The van der Waals surface area contributed by atoms with E-state index < -0.39 is 5.60 Å². The molecule has 2 aromatic carbocycles. The van der Waals surface area contributed by atoms with Crippen LogP contribution in [-0.4, -0.2) is 28.1 Å². The lowest BCUT2D eigenvalue weighted by atomic mass is 9.83. The molecule has 0 unspecified atom stereocenters. The van der Waals surface area contributed by atoms with Crippen molar-refractivity contribution in [3.05, 3.63) is 89.0 Å². The molecule has 1 aliphatic heterocycles. The summed E-state index contributed by atoms with van der Waals surface area (Å²) in [5, 5.41) is 11.7. The Morgan fingerprint density at radius 2 is 1.58 bits per heavy atom. The van der Waals surface area contributed by atoms with Crippen LogP contribution in [0.4, 0.5) is 4.39 Å². The van der Waals surface area contributed by atoms with E-state index in [1.807, 2.05) is 18.2 Å². The summed E-state index contributed by atoms with van der Waals surface area (Å²) in [6.45, 7) is 2.60. The molecule has 1 aliphatic carbocycles. The molecule has 1 saturated heterocycles. The van der Waals surface area contributed by atoms with Crippen molar-refractivity contribution >= 4 is 0 Å². The molecule has 1 N–H and O–H groups in total. The van der Waals surface area contributed by atoms with Gasteiger partial charge in [0.25, 0.3) is 0 Å². The van der Waals surface area contributed by atoms with Gasteiger partial charge in [0.05, 0.1) is 5.69 Å². The van der Waals surface area contributed by atoms with Gasteiger partial charge in [-0.3, -0.25) is 9.88 Å². The van der Waals surface area contributed by atoms with E-state index in [2.05, 4.69) is 35.2 Å². The van der Waals surface area contributed by atoms with Crippen molar-refractivity contribution in [1.82, 2.24) is 9.88 Å². The van der Waals surface area contributed by atoms with Crippen LogP contribution in [0.3, 0.4) is 0 Å². The van der Waals surface area contributed by atoms with E-state index in [4.69, 9.17) is 4.98 Å². The molecule has 3 aromatic rings. The second kappa shape index (κ2) is 9.74. The Bertz CT molecular complexity index is 1070. The summed E-state index contributed by atoms with van der Waals surface area (Å²) in [6, 6.07) is 19.4. The highest BCUT2D eigenvalue weighted by Gasteiger charge is 2.36. The van der Waals surface area contributed by atoms with Crippen LogP contribution in [0.5, 0.6) is 0 Å². The zero-order chi connectivity index (χ0) is 22.7. The van der Waals surface area contributed by atoms with Crippen LogP contribution in [0, 0.1) is 5.82 Å². The van der Waals surface area contributed by atoms with Crippen molar-refractivity contribution < 1.29 is 9.50 Å². The van der Waals surface area contributed by atoms with Gasteiger partial charge in [0.15, 0.2) is 0 Å². The third-order valence-corrected chi connectivity index (χ3v) is 7.36. The lowest BCUT2D eigenvalue weighted by molar-refractivity contribution is -0.0312. The molecule has 5 rings (SSSR count). The van der Waals surface area contributed by atoms with Crippen LogP contribution in [0.2, 0.25) is 0 Å². The summed E-state index contributed by atoms with van der Waals surface area (Å²) in [7, 11) is 0. The Morgan fingerprint density at radius 1 is 0.879 bits per heavy atom. The molecule has 2 heterocycles. The smallest absolute Gasteiger partial charge is 0.123 e. The summed E-state index contributed by atoms with van der Waals surface area (Å²) >= 11 is 0. The van der Waals surface area contributed by atoms with Gasteiger partial charge in [-0.05, 0) is 79.0 Å². The first kappa shape index (κ1) is 22.2. The Hall–Kier alpha value is -2.56. The van der Waals surface area contributed by atoms with Crippen LogP contribution < -0.4 is 0 Å². The van der Waals surface area contributed by atoms with Crippen molar-refractivity contribution in [2.45, 2.75) is 63.5 Å². The summed E-state index contributed by atoms with van der Waals surface area (Å²) in [6.07, 6.45) is 8.06. The highest BCUT2D eigenvalue weighted by atomic mass is 19.1. The number of fused-ring (bicyclic) bond motifs is 1. The van der Waals surface area contributed by atoms with Gasteiger partial charge in [-0.2, -0.15) is 0 Å². The molecule has 0 atom stereocenters. The van der Waals surface area contributed by atoms with E-state index in [-0.39, 0.29) is 5.82 Å². The quantitative estimate of drug-likeness (QED) is 0.534. The fourth-order valence-electron chi connectivity index (χ4n) is 5.36. The number of aryl methyl sites for hydroxylation is 1. The van der Waals surface area contributed by atoms with E-state index in [0.29, 0.717) is 12.8 Å². The number of aromatic nitrogens is 1. The predicted octanol–water partition coefficient (Wildman–Crippen LogP) is 6.03. The Kier molecular flexibility index (Phi) is 6.57. The Balaban J connectivity index is 1.44. The van der Waals surface area contributed by atoms with E-state index in [0.717, 1.165) is 67.8 Å². The average molecular weight is 445 g/mol. The van der Waals surface area contributed by atoms with Gasteiger partial charge < -0.3 is 5.11 Å². The molecule has 0 bridgehead atoms. The zero-order valence-electron chi connectivity index (χ0n) is 19.3. The second-order valence-corrected chi connectivity index (χ2v) is 9.69. The number of aliphatic hydroxyl groups is 1. The molecular weight excluding hydrogens is 411 g/mol. The number of likely N-dealkylation sites (tertiary alicyclic amines) is 1. The molecule has 0 radical (unpaired) electrons. The first-order chi connectivity index (χ1) is 16.1. The zero-order valence-corrected chi connectivity index (χ0v) is 19.3. The number of nitrogens with zero attached hydrogens (tertiary/aromatic N) is 2. The first-order valence-electron chi connectivity index (χ1n) is 12.4. The molecule has 0 spiro atoms. The van der Waals surface area contributed by atoms with E-state index >= 15 is 0 Å². The number of halogens is 1. The van der Waals surface area contributed by atoms with Crippen molar-refractivity contribution in [3.63, 3.8) is 0 Å². The molecule has 4 heteroatoms. The van der Waals surface area contributed by atoms with Crippen LogP contribution in [0.1, 0.15) is 61.0 Å². The number of piperidine rings is 1. The number of pyridine rings is 1. The summed E-state index contributed by atoms with van der Waals surface area (Å²) < 4.78 is 13.6. The molecule has 3 nitrogen and oxygen atoms in total. The minimum Gasteiger partial charge on any atom is -0.383 e. The number of rotatable bonds is 4. The molecular formula is C29H33FN2O. The predicted molar refractivity (Wildman–Crippen MR) is 130 cm³/mol. The van der Waals surface area contributed by atoms with Crippen LogP contribution >= 0.6 is 0 Å². The first-order valence-corrected chi connectivity index (χ1v) is 12.4. The number of hydrogen-bond acceptors (Lipinski definition) is 3. The van der Waals surface area contributed by atoms with Crippen LogP contribution in [-0.2, 0) is 25.0 Å². The highest BCUT2D eigenvalue weighted by molar-refractivity contribution is 5.69. The van der Waals surface area contributed by atoms with Crippen molar-refractivity contribution in [3.8, 4) is 11.1 Å². The summed E-state index contributed by atoms with van der Waals surface area (Å²) in [5.74, 6) is -0.222. The number of hydrogen-bond donors (Lipinski definition) is 1. The maximum atomic E-state index is 13.6. The van der Waals surface area contributed by atoms with E-state index in [1.54, 1.807) is 0 Å². The largest absolute Gasteiger partial charge is 0.383 e. The minimum atomic E-state index is -0.917. The van der Waals surface area contributed by atoms with Crippen LogP contribution in [0.25, 0.3) is 11.1 Å². The number of benzene rings is 2. The summed E-state index contributed by atoms with van der Waals surface area (Å²) in [4.78, 5) is 7.50. The molecule has 33 heavy (non-hydrogen) atoms. The highest BCUT2D eigenvalue weighted by Crippen LogP contribution is 2.37. The second-order valence-electron chi connectivity index (χ2n) is 9.69. The summed E-state index contributed by atoms with van der Waals surface area (Å²) in [5.41, 5.74) is 5.74. The topological polar surface area (TPSA) is 36.4 Å². The monoisotopic (exact) mass is 444 g/mol. The lowest BCUT2D eigenvalue weighted by Crippen LogP contribution is -2.42. The Morgan fingerprint density at radius 3 is 2.30 bits per heavy atom. The fourth-order valence-corrected chi connectivity index (χ4v) is 5.36. The van der Waals surface area contributed by atoms with Crippen molar-refractivity contribution in [2.75, 3.05) is 13.1 Å². The maximum Gasteiger partial charge on any atom is 0.123 e. The van der Waals surface area contributed by atoms with E-state index in [1.165, 1.54) is 36.1 Å². The molecule has 172 valence electrons. The van der Waals surface area contributed by atoms with Gasteiger partial charge in [-0.15, -0.1) is 0 Å². The molecule has 1 fully saturated rings. The SMILES string of the molecule is OC1(c2cc(-c3ccc(F)cc3)c3c(n2)CCCCCC3)CCN(Cc2ccccc2)CC1. The molecule has 2 aliphatic rings. The third-order valence-electron chi connectivity index (χ3n) is 7.36. The normalized spacial score (nSPS) is 18.8.